The fraction of sp³-hybridized carbons (Fsp3) is 0.560. The summed E-state index contributed by atoms with van der Waals surface area (Å²) in [5.74, 6) is 5.32. The highest BCUT2D eigenvalue weighted by molar-refractivity contribution is 5.79. The van der Waals surface area contributed by atoms with Gasteiger partial charge in [0, 0.05) is 24.8 Å². The van der Waals surface area contributed by atoms with Crippen molar-refractivity contribution in [2.45, 2.75) is 78.2 Å². The van der Waals surface area contributed by atoms with E-state index in [1.54, 1.807) is 39.1 Å². The number of hydrogen-bond donors (Lipinski definition) is 2. The van der Waals surface area contributed by atoms with Crippen LogP contribution >= 0.6 is 0 Å². The molecule has 3 N–H and O–H groups in total. The van der Waals surface area contributed by atoms with E-state index in [9.17, 15) is 9.59 Å². The van der Waals surface area contributed by atoms with Crippen molar-refractivity contribution < 1.29 is 28.6 Å². The second-order valence-corrected chi connectivity index (χ2v) is 10.4. The molecule has 1 unspecified atom stereocenters. The molecule has 1 aromatic carbocycles. The first-order valence-corrected chi connectivity index (χ1v) is 11.5. The van der Waals surface area contributed by atoms with Crippen molar-refractivity contribution in [3.63, 3.8) is 0 Å². The van der Waals surface area contributed by atoms with E-state index in [1.807, 2.05) is 43.8 Å². The molecule has 1 amide bonds. The van der Waals surface area contributed by atoms with Crippen LogP contribution in [0.15, 0.2) is 36.7 Å². The first-order chi connectivity index (χ1) is 16.2. The van der Waals surface area contributed by atoms with Gasteiger partial charge in [0.1, 0.15) is 23.6 Å². The van der Waals surface area contributed by atoms with Crippen LogP contribution in [0.2, 0.25) is 0 Å². The summed E-state index contributed by atoms with van der Waals surface area (Å²) in [5, 5.41) is 7.12. The van der Waals surface area contributed by atoms with Crippen molar-refractivity contribution in [1.82, 2.24) is 15.1 Å². The van der Waals surface area contributed by atoms with Gasteiger partial charge in [0.05, 0.1) is 6.20 Å². The van der Waals surface area contributed by atoms with Gasteiger partial charge in [0.25, 0.3) is 0 Å². The Bertz CT molecular complexity index is 975. The van der Waals surface area contributed by atoms with Crippen molar-refractivity contribution in [2.24, 2.45) is 5.90 Å². The van der Waals surface area contributed by atoms with E-state index in [1.165, 1.54) is 6.92 Å². The Morgan fingerprint density at radius 2 is 1.60 bits per heavy atom. The van der Waals surface area contributed by atoms with Crippen molar-refractivity contribution >= 4 is 12.1 Å². The number of carbonyl (C=O) groups is 2. The first kappa shape index (κ1) is 28.1. The van der Waals surface area contributed by atoms with Gasteiger partial charge in [-0.15, -0.1) is 0 Å². The lowest BCUT2D eigenvalue weighted by Crippen LogP contribution is -2.49. The largest absolute Gasteiger partial charge is 0.490 e. The molecule has 35 heavy (non-hydrogen) atoms. The van der Waals surface area contributed by atoms with E-state index < -0.39 is 28.9 Å². The average Bonchev–Trinajstić information content (AvgIpc) is 3.22. The van der Waals surface area contributed by atoms with Crippen LogP contribution in [0.1, 0.15) is 54.9 Å². The Morgan fingerprint density at radius 1 is 0.971 bits per heavy atom. The third-order valence-electron chi connectivity index (χ3n) is 4.66. The number of hydrogen-bond acceptors (Lipinski definition) is 8. The molecule has 2 rings (SSSR count). The number of rotatable bonds is 10. The second-order valence-electron chi connectivity index (χ2n) is 10.4. The van der Waals surface area contributed by atoms with Gasteiger partial charge < -0.3 is 19.5 Å². The normalized spacial score (nSPS) is 13.6. The fourth-order valence-electron chi connectivity index (χ4n) is 2.87. The smallest absolute Gasteiger partial charge is 0.407 e. The molecule has 0 aliphatic heterocycles. The zero-order valence-corrected chi connectivity index (χ0v) is 21.7. The van der Waals surface area contributed by atoms with Gasteiger partial charge in [-0.2, -0.15) is 5.10 Å². The molecule has 194 valence electrons. The number of alkyl carbamates (subject to hydrolysis) is 1. The van der Waals surface area contributed by atoms with Crippen LogP contribution in [0.4, 0.5) is 4.79 Å². The minimum atomic E-state index is -1.44. The Kier molecular flexibility index (Phi) is 9.28. The van der Waals surface area contributed by atoms with Gasteiger partial charge in [0.15, 0.2) is 0 Å². The van der Waals surface area contributed by atoms with Crippen LogP contribution in [0.25, 0.3) is 11.1 Å². The molecule has 0 fully saturated rings. The zero-order chi connectivity index (χ0) is 26.3. The number of aromatic nitrogens is 2. The highest BCUT2D eigenvalue weighted by Crippen LogP contribution is 2.24. The van der Waals surface area contributed by atoms with E-state index in [-0.39, 0.29) is 6.61 Å². The Morgan fingerprint density at radius 3 is 2.17 bits per heavy atom. The van der Waals surface area contributed by atoms with Gasteiger partial charge in [-0.3, -0.25) is 9.52 Å². The summed E-state index contributed by atoms with van der Waals surface area (Å²) in [6.45, 7) is 13.3. The Labute approximate surface area is 207 Å². The Hall–Kier alpha value is -3.11. The molecule has 0 radical (unpaired) electrons. The molecule has 1 atom stereocenters. The van der Waals surface area contributed by atoms with E-state index in [2.05, 4.69) is 10.4 Å². The summed E-state index contributed by atoms with van der Waals surface area (Å²) < 4.78 is 18.1. The summed E-state index contributed by atoms with van der Waals surface area (Å²) >= 11 is 0. The predicted molar refractivity (Wildman–Crippen MR) is 132 cm³/mol. The lowest BCUT2D eigenvalue weighted by atomic mass is 10.1. The molecule has 10 nitrogen and oxygen atoms in total. The summed E-state index contributed by atoms with van der Waals surface area (Å²) in [4.78, 5) is 29.0. The fourth-order valence-corrected chi connectivity index (χ4v) is 2.87. The zero-order valence-electron chi connectivity index (χ0n) is 21.7. The number of nitrogens with two attached hydrogens (primary N) is 1. The molecule has 0 saturated carbocycles. The molecule has 1 aromatic heterocycles. The number of esters is 1. The SMILES string of the molecule is CC(C)(C)OC(=O)NCCCn1cc(-c2ccc(OCC(C)(ON)C(=O)OC(C)(C)C)cc2)cn1. The van der Waals surface area contributed by atoms with Gasteiger partial charge in [-0.25, -0.2) is 15.5 Å². The highest BCUT2D eigenvalue weighted by Gasteiger charge is 2.39. The number of nitrogens with zero attached hydrogens (tertiary/aromatic N) is 2. The number of amides is 1. The van der Waals surface area contributed by atoms with Crippen LogP contribution in [0.3, 0.4) is 0 Å². The molecule has 1 heterocycles. The van der Waals surface area contributed by atoms with E-state index in [4.69, 9.17) is 24.9 Å². The molecular formula is C25H38N4O6. The van der Waals surface area contributed by atoms with Crippen molar-refractivity contribution in [2.75, 3.05) is 13.2 Å². The molecule has 0 saturated heterocycles. The maximum atomic E-state index is 12.4. The monoisotopic (exact) mass is 490 g/mol. The van der Waals surface area contributed by atoms with E-state index >= 15 is 0 Å². The summed E-state index contributed by atoms with van der Waals surface area (Å²) in [6.07, 6.45) is 4.00. The molecular weight excluding hydrogens is 452 g/mol. The van der Waals surface area contributed by atoms with Crippen LogP contribution in [0, 0.1) is 0 Å². The maximum Gasteiger partial charge on any atom is 0.407 e. The topological polar surface area (TPSA) is 127 Å². The average molecular weight is 491 g/mol. The number of ether oxygens (including phenoxy) is 3. The van der Waals surface area contributed by atoms with Gasteiger partial charge in [-0.1, -0.05) is 12.1 Å². The summed E-state index contributed by atoms with van der Waals surface area (Å²) in [7, 11) is 0. The molecule has 0 aliphatic rings. The summed E-state index contributed by atoms with van der Waals surface area (Å²) in [6, 6.07) is 7.39. The third kappa shape index (κ3) is 9.58. The lowest BCUT2D eigenvalue weighted by Gasteiger charge is -2.29. The quantitative estimate of drug-likeness (QED) is 0.292. The van der Waals surface area contributed by atoms with Crippen LogP contribution in [-0.4, -0.2) is 51.8 Å². The van der Waals surface area contributed by atoms with Gasteiger partial charge >= 0.3 is 12.1 Å². The third-order valence-corrected chi connectivity index (χ3v) is 4.66. The first-order valence-electron chi connectivity index (χ1n) is 11.5. The minimum absolute atomic E-state index is 0.104. The van der Waals surface area contributed by atoms with Crippen molar-refractivity contribution in [3.05, 3.63) is 36.7 Å². The number of carbonyl (C=O) groups excluding carboxylic acids is 2. The lowest BCUT2D eigenvalue weighted by molar-refractivity contribution is -0.186. The molecule has 0 spiro atoms. The maximum absolute atomic E-state index is 12.4. The highest BCUT2D eigenvalue weighted by atomic mass is 16.7. The molecule has 2 aromatic rings. The van der Waals surface area contributed by atoms with Gasteiger partial charge in [0.2, 0.25) is 5.60 Å². The van der Waals surface area contributed by atoms with Crippen LogP contribution < -0.4 is 16.0 Å². The Balaban J connectivity index is 1.86. The molecule has 0 aliphatic carbocycles. The molecule has 0 bridgehead atoms. The van der Waals surface area contributed by atoms with Crippen LogP contribution in [0.5, 0.6) is 5.75 Å². The van der Waals surface area contributed by atoms with Crippen molar-refractivity contribution in [3.8, 4) is 16.9 Å². The predicted octanol–water partition coefficient (Wildman–Crippen LogP) is 3.83. The van der Waals surface area contributed by atoms with E-state index in [0.29, 0.717) is 25.3 Å². The summed E-state index contributed by atoms with van der Waals surface area (Å²) in [5.41, 5.74) is -0.721. The number of benzene rings is 1. The number of aryl methyl sites for hydroxylation is 1. The standard InChI is InChI=1S/C25H38N4O6/c1-23(2,3)33-21(30)25(7,35-26)17-32-20-11-9-18(10-12-20)19-15-28-29(16-19)14-8-13-27-22(31)34-24(4,5)6/h9-12,15-16H,8,13-14,17,26H2,1-7H3,(H,27,31). The number of nitrogens with one attached hydrogen (secondary N) is 1. The minimum Gasteiger partial charge on any atom is -0.490 e. The van der Waals surface area contributed by atoms with Gasteiger partial charge in [-0.05, 0) is 72.6 Å². The molecule has 10 heteroatoms. The second kappa shape index (κ2) is 11.5. The van der Waals surface area contributed by atoms with Crippen molar-refractivity contribution in [1.29, 1.82) is 0 Å². The van der Waals surface area contributed by atoms with Crippen LogP contribution in [-0.2, 0) is 25.7 Å². The van der Waals surface area contributed by atoms with E-state index in [0.717, 1.165) is 11.1 Å².